The number of nitrogens with zero attached hydrogens (tertiary/aromatic N) is 4. The molecule has 0 spiro atoms. The summed E-state index contributed by atoms with van der Waals surface area (Å²) >= 11 is 0. The van der Waals surface area contributed by atoms with Crippen LogP contribution in [0.1, 0.15) is 41.4 Å². The Morgan fingerprint density at radius 1 is 1.36 bits per heavy atom. The van der Waals surface area contributed by atoms with Gasteiger partial charge in [0, 0.05) is 6.54 Å². The number of tetrazole rings is 1. The number of aryl methyl sites for hydroxylation is 1. The predicted molar refractivity (Wildman–Crippen MR) is 86.3 cm³/mol. The van der Waals surface area contributed by atoms with E-state index in [4.69, 9.17) is 9.84 Å². The van der Waals surface area contributed by atoms with Crippen LogP contribution in [0.3, 0.4) is 0 Å². The van der Waals surface area contributed by atoms with Crippen LogP contribution in [0.25, 0.3) is 0 Å². The van der Waals surface area contributed by atoms with E-state index >= 15 is 0 Å². The molecular formula is C16H19N5O4. The summed E-state index contributed by atoms with van der Waals surface area (Å²) in [5.74, 6) is -0.434. The zero-order valence-electron chi connectivity index (χ0n) is 13.6. The van der Waals surface area contributed by atoms with Crippen molar-refractivity contribution in [3.05, 3.63) is 35.7 Å². The summed E-state index contributed by atoms with van der Waals surface area (Å²) < 4.78 is 7.18. The summed E-state index contributed by atoms with van der Waals surface area (Å²) in [7, 11) is 0. The van der Waals surface area contributed by atoms with Crippen LogP contribution in [0.15, 0.2) is 24.3 Å². The van der Waals surface area contributed by atoms with Crippen LogP contribution in [0, 0.1) is 0 Å². The fourth-order valence-electron chi connectivity index (χ4n) is 2.79. The van der Waals surface area contributed by atoms with Gasteiger partial charge in [0.05, 0.1) is 18.0 Å². The van der Waals surface area contributed by atoms with Crippen molar-refractivity contribution in [2.45, 2.75) is 31.7 Å². The number of rotatable bonds is 6. The maximum Gasteiger partial charge on any atom is 0.335 e. The Labute approximate surface area is 144 Å². The zero-order chi connectivity index (χ0) is 17.6. The number of nitrogens with one attached hydrogen (secondary N) is 1. The van der Waals surface area contributed by atoms with Crippen LogP contribution in [-0.4, -0.2) is 50.3 Å². The van der Waals surface area contributed by atoms with E-state index in [0.717, 1.165) is 19.4 Å². The number of amides is 1. The van der Waals surface area contributed by atoms with E-state index < -0.39 is 5.97 Å². The molecule has 0 aliphatic carbocycles. The molecule has 3 rings (SSSR count). The van der Waals surface area contributed by atoms with Crippen LogP contribution >= 0.6 is 0 Å². The molecule has 1 amide bonds. The Bertz CT molecular complexity index is 760. The molecule has 132 valence electrons. The quantitative estimate of drug-likeness (QED) is 0.744. The van der Waals surface area contributed by atoms with Crippen LogP contribution in [-0.2, 0) is 11.3 Å². The molecule has 0 bridgehead atoms. The normalized spacial score (nSPS) is 16.6. The van der Waals surface area contributed by atoms with Crippen molar-refractivity contribution in [2.75, 3.05) is 13.2 Å². The summed E-state index contributed by atoms with van der Waals surface area (Å²) in [6, 6.07) is 6.23. The molecule has 1 unspecified atom stereocenters. The van der Waals surface area contributed by atoms with Gasteiger partial charge in [-0.3, -0.25) is 4.79 Å². The van der Waals surface area contributed by atoms with Crippen molar-refractivity contribution in [3.63, 3.8) is 0 Å². The highest BCUT2D eigenvalue weighted by Crippen LogP contribution is 2.23. The highest BCUT2D eigenvalue weighted by Gasteiger charge is 2.28. The molecule has 1 aliphatic rings. The monoisotopic (exact) mass is 345 g/mol. The van der Waals surface area contributed by atoms with Crippen LogP contribution in [0.5, 0.6) is 5.75 Å². The Balaban J connectivity index is 1.50. The highest BCUT2D eigenvalue weighted by atomic mass is 16.5. The van der Waals surface area contributed by atoms with Gasteiger partial charge < -0.3 is 15.2 Å². The number of aromatic carboxylic acids is 1. The number of ether oxygens (including phenoxy) is 1. The standard InChI is InChI=1S/C16H19N5O4/c22-15(13-6-1-2-8-21-14(13)18-19-20-21)17-7-9-25-12-5-3-4-11(10-12)16(23)24/h3-5,10,13H,1-2,6-9H2,(H,17,22)(H,23,24). The molecular weight excluding hydrogens is 326 g/mol. The van der Waals surface area contributed by atoms with Gasteiger partial charge in [-0.1, -0.05) is 12.5 Å². The van der Waals surface area contributed by atoms with Crippen LogP contribution in [0.2, 0.25) is 0 Å². The van der Waals surface area contributed by atoms with E-state index in [-0.39, 0.29) is 24.0 Å². The Hall–Kier alpha value is -2.97. The fourth-order valence-corrected chi connectivity index (χ4v) is 2.79. The lowest BCUT2D eigenvalue weighted by Crippen LogP contribution is -2.33. The highest BCUT2D eigenvalue weighted by molar-refractivity contribution is 5.88. The number of benzene rings is 1. The van der Waals surface area contributed by atoms with Crippen molar-refractivity contribution >= 4 is 11.9 Å². The van der Waals surface area contributed by atoms with Gasteiger partial charge in [-0.25, -0.2) is 9.48 Å². The lowest BCUT2D eigenvalue weighted by atomic mass is 10.0. The second kappa shape index (κ2) is 7.73. The lowest BCUT2D eigenvalue weighted by molar-refractivity contribution is -0.123. The number of carboxylic acids is 1. The molecule has 0 saturated heterocycles. The van der Waals surface area contributed by atoms with Crippen molar-refractivity contribution in [3.8, 4) is 5.75 Å². The number of aromatic nitrogens is 4. The number of carboxylic acid groups (broad SMARTS) is 1. The van der Waals surface area contributed by atoms with Gasteiger partial charge in [0.2, 0.25) is 5.91 Å². The SMILES string of the molecule is O=C(O)c1cccc(OCCNC(=O)C2CCCCn3nnnc32)c1. The number of fused-ring (bicyclic) bond motifs is 1. The minimum Gasteiger partial charge on any atom is -0.492 e. The second-order valence-corrected chi connectivity index (χ2v) is 5.78. The first-order valence-electron chi connectivity index (χ1n) is 8.15. The summed E-state index contributed by atoms with van der Waals surface area (Å²) in [5, 5.41) is 23.3. The Kier molecular flexibility index (Phi) is 5.22. The summed E-state index contributed by atoms with van der Waals surface area (Å²) in [5.41, 5.74) is 0.159. The van der Waals surface area contributed by atoms with Gasteiger partial charge in [-0.2, -0.15) is 0 Å². The third-order valence-corrected chi connectivity index (χ3v) is 4.05. The number of carbonyl (C=O) groups is 2. The molecule has 0 saturated carbocycles. The van der Waals surface area contributed by atoms with Gasteiger partial charge >= 0.3 is 5.97 Å². The van der Waals surface area contributed by atoms with Crippen molar-refractivity contribution in [1.82, 2.24) is 25.5 Å². The van der Waals surface area contributed by atoms with Crippen LogP contribution in [0.4, 0.5) is 0 Å². The maximum absolute atomic E-state index is 12.4. The van der Waals surface area contributed by atoms with E-state index in [0.29, 0.717) is 24.5 Å². The molecule has 0 radical (unpaired) electrons. The van der Waals surface area contributed by atoms with Crippen LogP contribution < -0.4 is 10.1 Å². The van der Waals surface area contributed by atoms with Gasteiger partial charge in [-0.15, -0.1) is 5.10 Å². The molecule has 1 aromatic carbocycles. The summed E-state index contributed by atoms with van der Waals surface area (Å²) in [4.78, 5) is 23.3. The second-order valence-electron chi connectivity index (χ2n) is 5.78. The van der Waals surface area contributed by atoms with E-state index in [9.17, 15) is 9.59 Å². The number of hydrogen-bond acceptors (Lipinski definition) is 6. The van der Waals surface area contributed by atoms with E-state index in [1.807, 2.05) is 0 Å². The van der Waals surface area contributed by atoms with Gasteiger partial charge in [0.1, 0.15) is 12.4 Å². The van der Waals surface area contributed by atoms with Crippen molar-refractivity contribution < 1.29 is 19.4 Å². The third-order valence-electron chi connectivity index (χ3n) is 4.05. The van der Waals surface area contributed by atoms with Gasteiger partial charge in [0.25, 0.3) is 0 Å². The first-order valence-corrected chi connectivity index (χ1v) is 8.15. The molecule has 1 aromatic heterocycles. The van der Waals surface area contributed by atoms with E-state index in [1.165, 1.54) is 12.1 Å². The van der Waals surface area contributed by atoms with E-state index in [2.05, 4.69) is 20.8 Å². The third kappa shape index (κ3) is 4.11. The molecule has 1 aliphatic heterocycles. The zero-order valence-corrected chi connectivity index (χ0v) is 13.6. The van der Waals surface area contributed by atoms with Gasteiger partial charge in [-0.05, 0) is 41.5 Å². The summed E-state index contributed by atoms with van der Waals surface area (Å²) in [6.07, 6.45) is 2.60. The molecule has 0 fully saturated rings. The molecule has 2 aromatic rings. The first kappa shape index (κ1) is 16.9. The maximum atomic E-state index is 12.4. The molecule has 2 heterocycles. The van der Waals surface area contributed by atoms with E-state index in [1.54, 1.807) is 16.8 Å². The topological polar surface area (TPSA) is 119 Å². The van der Waals surface area contributed by atoms with Gasteiger partial charge in [0.15, 0.2) is 5.82 Å². The Morgan fingerprint density at radius 2 is 2.24 bits per heavy atom. The summed E-state index contributed by atoms with van der Waals surface area (Å²) in [6.45, 7) is 1.29. The average Bonchev–Trinajstić information content (AvgIpc) is 2.98. The lowest BCUT2D eigenvalue weighted by Gasteiger charge is -2.14. The number of hydrogen-bond donors (Lipinski definition) is 2. The molecule has 1 atom stereocenters. The van der Waals surface area contributed by atoms with Crippen molar-refractivity contribution in [2.24, 2.45) is 0 Å². The predicted octanol–water partition coefficient (Wildman–Crippen LogP) is 0.834. The first-order chi connectivity index (χ1) is 12.1. The molecule has 2 N–H and O–H groups in total. The average molecular weight is 345 g/mol. The fraction of sp³-hybridized carbons (Fsp3) is 0.438. The minimum absolute atomic E-state index is 0.124. The molecule has 9 nitrogen and oxygen atoms in total. The Morgan fingerprint density at radius 3 is 3.08 bits per heavy atom. The smallest absolute Gasteiger partial charge is 0.335 e. The minimum atomic E-state index is -1.01. The largest absolute Gasteiger partial charge is 0.492 e. The molecule has 9 heteroatoms. The number of carbonyl (C=O) groups excluding carboxylic acids is 1. The molecule has 25 heavy (non-hydrogen) atoms. The van der Waals surface area contributed by atoms with Crippen molar-refractivity contribution in [1.29, 1.82) is 0 Å².